The van der Waals surface area contributed by atoms with Crippen LogP contribution in [0.2, 0.25) is 0 Å². The molecule has 0 saturated heterocycles. The molecule has 0 aliphatic carbocycles. The van der Waals surface area contributed by atoms with Crippen LogP contribution in [0, 0.1) is 0 Å². The fourth-order valence-electron chi connectivity index (χ4n) is 1.87. The maximum Gasteiger partial charge on any atom is 0.119 e. The molecule has 18 heavy (non-hydrogen) atoms. The van der Waals surface area contributed by atoms with E-state index < -0.39 is 0 Å². The van der Waals surface area contributed by atoms with E-state index >= 15 is 0 Å². The van der Waals surface area contributed by atoms with Crippen molar-refractivity contribution >= 4 is 0 Å². The van der Waals surface area contributed by atoms with Gasteiger partial charge >= 0.3 is 0 Å². The van der Waals surface area contributed by atoms with Gasteiger partial charge in [-0.1, -0.05) is 26.0 Å². The minimum absolute atomic E-state index is 0.563. The Hall–Kier alpha value is -1.77. The number of aromatic nitrogens is 2. The Labute approximate surface area is 108 Å². The molecule has 3 nitrogen and oxygen atoms in total. The van der Waals surface area contributed by atoms with Crippen molar-refractivity contribution < 1.29 is 4.74 Å². The molecule has 1 heterocycles. The molecule has 0 unspecified atom stereocenters. The minimum Gasteiger partial charge on any atom is -0.493 e. The molecular formula is C15H20N2O. The van der Waals surface area contributed by atoms with Crippen LogP contribution in [0.5, 0.6) is 5.75 Å². The van der Waals surface area contributed by atoms with E-state index in [9.17, 15) is 0 Å². The molecule has 1 aromatic carbocycles. The predicted molar refractivity (Wildman–Crippen MR) is 72.9 cm³/mol. The molecular weight excluding hydrogens is 224 g/mol. The summed E-state index contributed by atoms with van der Waals surface area (Å²) in [6.45, 7) is 5.07. The fraction of sp³-hybridized carbons (Fsp3) is 0.400. The predicted octanol–water partition coefficient (Wildman–Crippen LogP) is 3.17. The van der Waals surface area contributed by atoms with Crippen molar-refractivity contribution in [1.29, 1.82) is 0 Å². The second-order valence-electron chi connectivity index (χ2n) is 4.77. The number of hydrogen-bond donors (Lipinski definition) is 0. The second kappa shape index (κ2) is 5.71. The van der Waals surface area contributed by atoms with Gasteiger partial charge in [-0.2, -0.15) is 5.10 Å². The van der Waals surface area contributed by atoms with E-state index in [0.29, 0.717) is 12.5 Å². The lowest BCUT2D eigenvalue weighted by molar-refractivity contribution is 0.318. The summed E-state index contributed by atoms with van der Waals surface area (Å²) in [7, 11) is 1.95. The van der Waals surface area contributed by atoms with Crippen molar-refractivity contribution in [3.05, 3.63) is 47.8 Å². The maximum absolute atomic E-state index is 5.73. The zero-order valence-electron chi connectivity index (χ0n) is 11.3. The summed E-state index contributed by atoms with van der Waals surface area (Å²) in [6, 6.07) is 10.4. The standard InChI is InChI=1S/C15H20N2O/c1-12(2)13-4-6-15(7-5-13)18-11-9-14-8-10-16-17(14)3/h4-8,10,12H,9,11H2,1-3H3. The molecule has 0 N–H and O–H groups in total. The molecule has 0 spiro atoms. The molecule has 2 rings (SSSR count). The smallest absolute Gasteiger partial charge is 0.119 e. The third-order valence-corrected chi connectivity index (χ3v) is 3.10. The van der Waals surface area contributed by atoms with Gasteiger partial charge in [-0.15, -0.1) is 0 Å². The molecule has 0 saturated carbocycles. The lowest BCUT2D eigenvalue weighted by atomic mass is 10.0. The van der Waals surface area contributed by atoms with Crippen LogP contribution in [0.15, 0.2) is 36.5 Å². The average molecular weight is 244 g/mol. The average Bonchev–Trinajstić information content (AvgIpc) is 2.76. The summed E-state index contributed by atoms with van der Waals surface area (Å²) in [5, 5.41) is 4.13. The third kappa shape index (κ3) is 3.13. The topological polar surface area (TPSA) is 27.1 Å². The van der Waals surface area contributed by atoms with E-state index in [1.807, 2.05) is 36.1 Å². The molecule has 0 fully saturated rings. The zero-order chi connectivity index (χ0) is 13.0. The Kier molecular flexibility index (Phi) is 4.03. The highest BCUT2D eigenvalue weighted by molar-refractivity contribution is 5.28. The molecule has 1 aromatic heterocycles. The lowest BCUT2D eigenvalue weighted by Crippen LogP contribution is -2.05. The van der Waals surface area contributed by atoms with Crippen LogP contribution in [0.3, 0.4) is 0 Å². The summed E-state index contributed by atoms with van der Waals surface area (Å²) >= 11 is 0. The van der Waals surface area contributed by atoms with Gasteiger partial charge in [0.25, 0.3) is 0 Å². The van der Waals surface area contributed by atoms with E-state index in [2.05, 4.69) is 31.1 Å². The first-order valence-corrected chi connectivity index (χ1v) is 6.36. The summed E-state index contributed by atoms with van der Waals surface area (Å²) < 4.78 is 7.61. The van der Waals surface area contributed by atoms with E-state index in [1.165, 1.54) is 11.3 Å². The Morgan fingerprint density at radius 3 is 2.44 bits per heavy atom. The molecule has 0 aliphatic rings. The summed E-state index contributed by atoms with van der Waals surface area (Å²) in [6.07, 6.45) is 2.69. The van der Waals surface area contributed by atoms with E-state index in [0.717, 1.165) is 12.2 Å². The van der Waals surface area contributed by atoms with Gasteiger partial charge in [-0.3, -0.25) is 4.68 Å². The fourth-order valence-corrected chi connectivity index (χ4v) is 1.87. The highest BCUT2D eigenvalue weighted by Crippen LogP contribution is 2.18. The number of ether oxygens (including phenoxy) is 1. The van der Waals surface area contributed by atoms with Crippen molar-refractivity contribution in [2.75, 3.05) is 6.61 Å². The first-order valence-electron chi connectivity index (χ1n) is 6.36. The SMILES string of the molecule is CC(C)c1ccc(OCCc2ccnn2C)cc1. The van der Waals surface area contributed by atoms with E-state index in [-0.39, 0.29) is 0 Å². The Balaban J connectivity index is 1.85. The quantitative estimate of drug-likeness (QED) is 0.807. The number of nitrogens with zero attached hydrogens (tertiary/aromatic N) is 2. The van der Waals surface area contributed by atoms with Crippen molar-refractivity contribution in [2.24, 2.45) is 7.05 Å². The molecule has 0 aliphatic heterocycles. The number of aryl methyl sites for hydroxylation is 1. The van der Waals surface area contributed by atoms with Crippen LogP contribution >= 0.6 is 0 Å². The van der Waals surface area contributed by atoms with Gasteiger partial charge in [0.15, 0.2) is 0 Å². The normalized spacial score (nSPS) is 10.9. The minimum atomic E-state index is 0.563. The van der Waals surface area contributed by atoms with Gasteiger partial charge in [0, 0.05) is 25.4 Å². The highest BCUT2D eigenvalue weighted by Gasteiger charge is 2.01. The second-order valence-corrected chi connectivity index (χ2v) is 4.77. The number of rotatable bonds is 5. The first kappa shape index (κ1) is 12.7. The van der Waals surface area contributed by atoms with Crippen molar-refractivity contribution in [2.45, 2.75) is 26.2 Å². The Morgan fingerprint density at radius 2 is 1.89 bits per heavy atom. The molecule has 0 radical (unpaired) electrons. The molecule has 2 aromatic rings. The van der Waals surface area contributed by atoms with Crippen molar-refractivity contribution in [3.8, 4) is 5.75 Å². The summed E-state index contributed by atoms with van der Waals surface area (Å²) in [4.78, 5) is 0. The van der Waals surface area contributed by atoms with Crippen molar-refractivity contribution in [3.63, 3.8) is 0 Å². The summed E-state index contributed by atoms with van der Waals surface area (Å²) in [5.74, 6) is 1.50. The van der Waals surface area contributed by atoms with Crippen molar-refractivity contribution in [1.82, 2.24) is 9.78 Å². The zero-order valence-corrected chi connectivity index (χ0v) is 11.3. The largest absolute Gasteiger partial charge is 0.493 e. The molecule has 0 bridgehead atoms. The Bertz CT molecular complexity index is 485. The monoisotopic (exact) mass is 244 g/mol. The van der Waals surface area contributed by atoms with Gasteiger partial charge in [-0.25, -0.2) is 0 Å². The molecule has 96 valence electrons. The van der Waals surface area contributed by atoms with E-state index in [1.54, 1.807) is 0 Å². The van der Waals surface area contributed by atoms with Crippen LogP contribution in [0.4, 0.5) is 0 Å². The Morgan fingerprint density at radius 1 is 1.17 bits per heavy atom. The molecule has 0 atom stereocenters. The van der Waals surface area contributed by atoms with Gasteiger partial charge in [0.05, 0.1) is 6.61 Å². The number of benzene rings is 1. The molecule has 0 amide bonds. The molecule has 3 heteroatoms. The van der Waals surface area contributed by atoms with Crippen LogP contribution in [-0.4, -0.2) is 16.4 Å². The van der Waals surface area contributed by atoms with Gasteiger partial charge in [0.1, 0.15) is 5.75 Å². The van der Waals surface area contributed by atoms with Crippen LogP contribution in [0.25, 0.3) is 0 Å². The van der Waals surface area contributed by atoms with Crippen LogP contribution < -0.4 is 4.74 Å². The van der Waals surface area contributed by atoms with Crippen LogP contribution in [0.1, 0.15) is 31.0 Å². The number of hydrogen-bond acceptors (Lipinski definition) is 2. The van der Waals surface area contributed by atoms with Gasteiger partial charge in [-0.05, 0) is 29.7 Å². The first-order chi connectivity index (χ1) is 8.66. The van der Waals surface area contributed by atoms with E-state index in [4.69, 9.17) is 4.74 Å². The lowest BCUT2D eigenvalue weighted by Gasteiger charge is -2.09. The van der Waals surface area contributed by atoms with Crippen LogP contribution in [-0.2, 0) is 13.5 Å². The van der Waals surface area contributed by atoms with Gasteiger partial charge in [0.2, 0.25) is 0 Å². The maximum atomic E-state index is 5.73. The summed E-state index contributed by atoms with van der Waals surface area (Å²) in [5.41, 5.74) is 2.53. The van der Waals surface area contributed by atoms with Gasteiger partial charge < -0.3 is 4.74 Å². The highest BCUT2D eigenvalue weighted by atomic mass is 16.5. The third-order valence-electron chi connectivity index (χ3n) is 3.10.